The van der Waals surface area contributed by atoms with Crippen molar-refractivity contribution in [2.75, 3.05) is 0 Å². The summed E-state index contributed by atoms with van der Waals surface area (Å²) in [4.78, 5) is 0.286. The molecule has 4 nitrogen and oxygen atoms in total. The van der Waals surface area contributed by atoms with E-state index in [-0.39, 0.29) is 20.9 Å². The number of benzene rings is 1. The Bertz CT molecular complexity index is 690. The van der Waals surface area contributed by atoms with Crippen molar-refractivity contribution in [2.24, 2.45) is 17.6 Å². The molecule has 0 aliphatic heterocycles. The minimum atomic E-state index is -3.61. The lowest BCUT2D eigenvalue weighted by Gasteiger charge is -2.23. The first-order chi connectivity index (χ1) is 9.87. The van der Waals surface area contributed by atoms with Gasteiger partial charge in [-0.05, 0) is 43.2 Å². The molecule has 1 aromatic carbocycles. The molecule has 0 spiro atoms. The number of rotatable bonds is 4. The largest absolute Gasteiger partial charge is 0.389 e. The number of fused-ring (bicyclic) bond motifs is 2. The van der Waals surface area contributed by atoms with Crippen LogP contribution in [0.4, 0.5) is 0 Å². The van der Waals surface area contributed by atoms with Gasteiger partial charge in [-0.1, -0.05) is 36.3 Å². The molecule has 2 aliphatic carbocycles. The third-order valence-electron chi connectivity index (χ3n) is 4.55. The number of nitrogens with two attached hydrogens (primary N) is 1. The van der Waals surface area contributed by atoms with Crippen LogP contribution in [0.3, 0.4) is 0 Å². The average molecular weight is 345 g/mol. The standard InChI is InChI=1S/C14H17ClN2O2S2/c15-11-7-10(14(16)20)3-4-13(11)21(18,19)17-12-6-8-1-2-9(12)5-8/h3-4,7-9,12,17H,1-2,5-6H2,(H2,16,20). The van der Waals surface area contributed by atoms with Crippen LogP contribution in [0, 0.1) is 11.8 Å². The summed E-state index contributed by atoms with van der Waals surface area (Å²) < 4.78 is 27.8. The van der Waals surface area contributed by atoms with Gasteiger partial charge in [-0.2, -0.15) is 0 Å². The van der Waals surface area contributed by atoms with Gasteiger partial charge >= 0.3 is 0 Å². The smallest absolute Gasteiger partial charge is 0.242 e. The Labute approximate surface area is 135 Å². The Morgan fingerprint density at radius 3 is 2.62 bits per heavy atom. The third-order valence-corrected chi connectivity index (χ3v) is 6.76. The van der Waals surface area contributed by atoms with Gasteiger partial charge < -0.3 is 5.73 Å². The van der Waals surface area contributed by atoms with Gasteiger partial charge in [0.2, 0.25) is 10.0 Å². The molecular formula is C14H17ClN2O2S2. The van der Waals surface area contributed by atoms with E-state index in [0.717, 1.165) is 19.3 Å². The maximum atomic E-state index is 12.5. The van der Waals surface area contributed by atoms with E-state index in [2.05, 4.69) is 4.72 Å². The van der Waals surface area contributed by atoms with Crippen LogP contribution in [0.2, 0.25) is 5.02 Å². The molecule has 3 N–H and O–H groups in total. The van der Waals surface area contributed by atoms with E-state index in [1.807, 2.05) is 0 Å². The van der Waals surface area contributed by atoms with Gasteiger partial charge in [0.15, 0.2) is 0 Å². The molecule has 0 radical (unpaired) electrons. The molecule has 2 fully saturated rings. The number of thiocarbonyl (C=S) groups is 1. The van der Waals surface area contributed by atoms with Crippen molar-refractivity contribution >= 4 is 38.8 Å². The number of hydrogen-bond donors (Lipinski definition) is 2. The molecule has 114 valence electrons. The van der Waals surface area contributed by atoms with Crippen molar-refractivity contribution < 1.29 is 8.42 Å². The predicted molar refractivity (Wildman–Crippen MR) is 86.9 cm³/mol. The zero-order valence-electron chi connectivity index (χ0n) is 11.4. The van der Waals surface area contributed by atoms with Gasteiger partial charge in [-0.15, -0.1) is 0 Å². The second-order valence-electron chi connectivity index (χ2n) is 5.91. The molecular weight excluding hydrogens is 328 g/mol. The van der Waals surface area contributed by atoms with E-state index in [1.165, 1.54) is 18.6 Å². The van der Waals surface area contributed by atoms with E-state index in [1.54, 1.807) is 6.07 Å². The second kappa shape index (κ2) is 5.50. The molecule has 0 saturated heterocycles. The van der Waals surface area contributed by atoms with Gasteiger partial charge in [0, 0.05) is 11.6 Å². The highest BCUT2D eigenvalue weighted by Gasteiger charge is 2.41. The number of halogens is 1. The molecule has 2 aliphatic rings. The quantitative estimate of drug-likeness (QED) is 0.823. The lowest BCUT2D eigenvalue weighted by Crippen LogP contribution is -2.38. The van der Waals surface area contributed by atoms with E-state index < -0.39 is 10.0 Å². The molecule has 0 heterocycles. The summed E-state index contributed by atoms with van der Waals surface area (Å²) >= 11 is 11.0. The second-order valence-corrected chi connectivity index (χ2v) is 8.44. The van der Waals surface area contributed by atoms with Crippen LogP contribution >= 0.6 is 23.8 Å². The molecule has 3 atom stereocenters. The summed E-state index contributed by atoms with van der Waals surface area (Å²) in [6, 6.07) is 4.59. The molecule has 2 bridgehead atoms. The summed E-state index contributed by atoms with van der Waals surface area (Å²) in [7, 11) is -3.61. The van der Waals surface area contributed by atoms with Crippen molar-refractivity contribution in [3.05, 3.63) is 28.8 Å². The van der Waals surface area contributed by atoms with Crippen LogP contribution in [-0.4, -0.2) is 19.4 Å². The molecule has 0 aromatic heterocycles. The lowest BCUT2D eigenvalue weighted by atomic mass is 9.96. The van der Waals surface area contributed by atoms with Crippen LogP contribution in [-0.2, 0) is 10.0 Å². The molecule has 2 saturated carbocycles. The van der Waals surface area contributed by atoms with E-state index >= 15 is 0 Å². The van der Waals surface area contributed by atoms with Crippen LogP contribution < -0.4 is 10.5 Å². The van der Waals surface area contributed by atoms with E-state index in [4.69, 9.17) is 29.6 Å². The summed E-state index contributed by atoms with van der Waals surface area (Å²) in [6.07, 6.45) is 4.42. The van der Waals surface area contributed by atoms with Gasteiger partial charge in [0.25, 0.3) is 0 Å². The highest BCUT2D eigenvalue weighted by atomic mass is 35.5. The van der Waals surface area contributed by atoms with Crippen LogP contribution in [0.15, 0.2) is 23.1 Å². The summed E-state index contributed by atoms with van der Waals surface area (Å²) in [6.45, 7) is 0. The van der Waals surface area contributed by atoms with Crippen molar-refractivity contribution in [1.82, 2.24) is 4.72 Å². The summed E-state index contributed by atoms with van der Waals surface area (Å²) in [5, 5.41) is 0.149. The van der Waals surface area contributed by atoms with Gasteiger partial charge in [0.05, 0.1) is 5.02 Å². The molecule has 3 unspecified atom stereocenters. The fourth-order valence-corrected chi connectivity index (χ4v) is 5.51. The first-order valence-corrected chi connectivity index (χ1v) is 9.25. The van der Waals surface area contributed by atoms with Crippen molar-refractivity contribution in [1.29, 1.82) is 0 Å². The highest BCUT2D eigenvalue weighted by molar-refractivity contribution is 7.89. The van der Waals surface area contributed by atoms with Crippen molar-refractivity contribution in [3.8, 4) is 0 Å². The SMILES string of the molecule is NC(=S)c1ccc(S(=O)(=O)NC2CC3CCC2C3)c(Cl)c1. The first kappa shape index (κ1) is 15.2. The van der Waals surface area contributed by atoms with Crippen LogP contribution in [0.5, 0.6) is 0 Å². The van der Waals surface area contributed by atoms with Gasteiger partial charge in [-0.25, -0.2) is 13.1 Å². The zero-order chi connectivity index (χ0) is 15.2. The highest BCUT2D eigenvalue weighted by Crippen LogP contribution is 2.45. The maximum Gasteiger partial charge on any atom is 0.242 e. The zero-order valence-corrected chi connectivity index (χ0v) is 13.8. The van der Waals surface area contributed by atoms with Gasteiger partial charge in [0.1, 0.15) is 9.88 Å². The summed E-state index contributed by atoms with van der Waals surface area (Å²) in [5.41, 5.74) is 6.09. The molecule has 3 rings (SSSR count). The number of nitrogens with one attached hydrogen (secondary N) is 1. The normalized spacial score (nSPS) is 28.0. The van der Waals surface area contributed by atoms with Crippen molar-refractivity contribution in [2.45, 2.75) is 36.6 Å². The molecule has 21 heavy (non-hydrogen) atoms. The number of hydrogen-bond acceptors (Lipinski definition) is 3. The summed E-state index contributed by atoms with van der Waals surface area (Å²) in [5.74, 6) is 1.15. The average Bonchev–Trinajstić information content (AvgIpc) is 2.99. The molecule has 7 heteroatoms. The first-order valence-electron chi connectivity index (χ1n) is 6.98. The maximum absolute atomic E-state index is 12.5. The third kappa shape index (κ3) is 2.95. The topological polar surface area (TPSA) is 72.2 Å². The Balaban J connectivity index is 1.83. The van der Waals surface area contributed by atoms with Gasteiger partial charge in [-0.3, -0.25) is 0 Å². The molecule has 1 aromatic rings. The van der Waals surface area contributed by atoms with Crippen LogP contribution in [0.1, 0.15) is 31.2 Å². The van der Waals surface area contributed by atoms with Crippen LogP contribution in [0.25, 0.3) is 0 Å². The minimum absolute atomic E-state index is 0.0417. The Morgan fingerprint density at radius 2 is 2.10 bits per heavy atom. The Morgan fingerprint density at radius 1 is 1.33 bits per heavy atom. The minimum Gasteiger partial charge on any atom is -0.389 e. The monoisotopic (exact) mass is 344 g/mol. The van der Waals surface area contributed by atoms with E-state index in [9.17, 15) is 8.42 Å². The van der Waals surface area contributed by atoms with E-state index in [0.29, 0.717) is 17.4 Å². The predicted octanol–water partition coefficient (Wildman–Crippen LogP) is 2.44. The number of sulfonamides is 1. The fraction of sp³-hybridized carbons (Fsp3) is 0.500. The lowest BCUT2D eigenvalue weighted by molar-refractivity contribution is 0.390. The molecule has 0 amide bonds. The fourth-order valence-electron chi connectivity index (χ4n) is 3.52. The van der Waals surface area contributed by atoms with Crippen molar-refractivity contribution in [3.63, 3.8) is 0 Å². The Hall–Kier alpha value is -0.690. The Kier molecular flexibility index (Phi) is 3.98.